The summed E-state index contributed by atoms with van der Waals surface area (Å²) in [5.74, 6) is 0.616. The predicted molar refractivity (Wildman–Crippen MR) is 88.2 cm³/mol. The molecule has 0 aliphatic heterocycles. The van der Waals surface area contributed by atoms with Crippen LogP contribution in [0.3, 0.4) is 0 Å². The van der Waals surface area contributed by atoms with E-state index in [9.17, 15) is 8.42 Å². The standard InChI is InChI=1S/C15H15N7O2S/c1-10(11-2-3-11)21-8-13(6-19-21)20-25(23,24)14-7-17-15-12(4-16)5-18-22(15)9-14/h5-11,20H,2-3H2,1H3. The second-order valence-electron chi connectivity index (χ2n) is 6.12. The Bertz CT molecular complexity index is 1090. The van der Waals surface area contributed by atoms with Crippen LogP contribution in [0.15, 0.2) is 35.9 Å². The molecule has 1 unspecified atom stereocenters. The summed E-state index contributed by atoms with van der Waals surface area (Å²) in [5.41, 5.74) is 0.991. The zero-order valence-corrected chi connectivity index (χ0v) is 14.2. The van der Waals surface area contributed by atoms with Gasteiger partial charge in [-0.15, -0.1) is 0 Å². The van der Waals surface area contributed by atoms with Crippen molar-refractivity contribution in [2.24, 2.45) is 5.92 Å². The molecule has 0 spiro atoms. The Morgan fingerprint density at radius 2 is 2.08 bits per heavy atom. The maximum atomic E-state index is 12.6. The molecule has 1 fully saturated rings. The minimum Gasteiger partial charge on any atom is -0.276 e. The molecule has 0 aromatic carbocycles. The lowest BCUT2D eigenvalue weighted by Gasteiger charge is -2.10. The lowest BCUT2D eigenvalue weighted by atomic mass is 10.2. The number of nitrogens with one attached hydrogen (secondary N) is 1. The van der Waals surface area contributed by atoms with Crippen LogP contribution in [0.4, 0.5) is 5.69 Å². The van der Waals surface area contributed by atoms with Gasteiger partial charge < -0.3 is 0 Å². The van der Waals surface area contributed by atoms with Crippen LogP contribution < -0.4 is 4.72 Å². The van der Waals surface area contributed by atoms with Gasteiger partial charge in [0.05, 0.1) is 36.5 Å². The molecule has 1 N–H and O–H groups in total. The highest BCUT2D eigenvalue weighted by molar-refractivity contribution is 7.92. The van der Waals surface area contributed by atoms with Crippen molar-refractivity contribution in [1.82, 2.24) is 24.4 Å². The van der Waals surface area contributed by atoms with Crippen LogP contribution in [0.1, 0.15) is 31.4 Å². The van der Waals surface area contributed by atoms with Gasteiger partial charge in [0, 0.05) is 6.20 Å². The summed E-state index contributed by atoms with van der Waals surface area (Å²) in [4.78, 5) is 3.98. The molecular weight excluding hydrogens is 342 g/mol. The van der Waals surface area contributed by atoms with Crippen LogP contribution in [0.2, 0.25) is 0 Å². The highest BCUT2D eigenvalue weighted by atomic mass is 32.2. The number of rotatable bonds is 5. The number of sulfonamides is 1. The first-order valence-electron chi connectivity index (χ1n) is 7.78. The SMILES string of the molecule is CC(C1CC1)n1cc(NS(=O)(=O)c2cnc3c(C#N)cnn3c2)cn1. The van der Waals surface area contributed by atoms with Crippen molar-refractivity contribution in [3.8, 4) is 6.07 Å². The van der Waals surface area contributed by atoms with E-state index in [2.05, 4.69) is 26.8 Å². The minimum atomic E-state index is -3.83. The molecular formula is C15H15N7O2S. The molecule has 1 aliphatic rings. The van der Waals surface area contributed by atoms with Gasteiger partial charge in [-0.05, 0) is 25.7 Å². The highest BCUT2D eigenvalue weighted by Gasteiger charge is 2.29. The molecule has 10 heteroatoms. The molecule has 1 atom stereocenters. The van der Waals surface area contributed by atoms with E-state index in [4.69, 9.17) is 5.26 Å². The Morgan fingerprint density at radius 3 is 2.80 bits per heavy atom. The molecule has 25 heavy (non-hydrogen) atoms. The largest absolute Gasteiger partial charge is 0.276 e. The number of fused-ring (bicyclic) bond motifs is 1. The lowest BCUT2D eigenvalue weighted by molar-refractivity contribution is 0.440. The van der Waals surface area contributed by atoms with Gasteiger partial charge in [0.15, 0.2) is 5.65 Å². The van der Waals surface area contributed by atoms with Crippen molar-refractivity contribution in [1.29, 1.82) is 5.26 Å². The molecule has 0 amide bonds. The summed E-state index contributed by atoms with van der Waals surface area (Å²) >= 11 is 0. The molecule has 0 radical (unpaired) electrons. The summed E-state index contributed by atoms with van der Waals surface area (Å²) in [6.07, 6.45) is 9.42. The second kappa shape index (κ2) is 5.56. The fourth-order valence-corrected chi connectivity index (χ4v) is 3.66. The molecule has 0 bridgehead atoms. The molecule has 1 aliphatic carbocycles. The number of hydrogen-bond donors (Lipinski definition) is 1. The second-order valence-corrected chi connectivity index (χ2v) is 7.80. The van der Waals surface area contributed by atoms with Crippen molar-refractivity contribution in [3.63, 3.8) is 0 Å². The average molecular weight is 357 g/mol. The Balaban J connectivity index is 1.60. The topological polar surface area (TPSA) is 118 Å². The van der Waals surface area contributed by atoms with Crippen LogP contribution >= 0.6 is 0 Å². The van der Waals surface area contributed by atoms with E-state index in [1.165, 1.54) is 42.1 Å². The molecule has 9 nitrogen and oxygen atoms in total. The number of nitriles is 1. The quantitative estimate of drug-likeness (QED) is 0.740. The van der Waals surface area contributed by atoms with Crippen LogP contribution in [-0.4, -0.2) is 32.8 Å². The van der Waals surface area contributed by atoms with Crippen LogP contribution in [0, 0.1) is 17.2 Å². The molecule has 4 rings (SSSR count). The fourth-order valence-electron chi connectivity index (χ4n) is 2.70. The zero-order chi connectivity index (χ0) is 17.6. The number of anilines is 1. The first-order chi connectivity index (χ1) is 12.0. The summed E-state index contributed by atoms with van der Waals surface area (Å²) in [7, 11) is -3.83. The highest BCUT2D eigenvalue weighted by Crippen LogP contribution is 2.39. The van der Waals surface area contributed by atoms with Gasteiger partial charge in [0.2, 0.25) is 0 Å². The minimum absolute atomic E-state index is 0.0458. The van der Waals surface area contributed by atoms with Crippen LogP contribution in [-0.2, 0) is 10.0 Å². The maximum absolute atomic E-state index is 12.6. The van der Waals surface area contributed by atoms with Gasteiger partial charge in [0.1, 0.15) is 16.5 Å². The smallest absolute Gasteiger partial charge is 0.265 e. The van der Waals surface area contributed by atoms with Crippen molar-refractivity contribution in [3.05, 3.63) is 36.5 Å². The Labute approximate surface area is 144 Å². The van der Waals surface area contributed by atoms with Gasteiger partial charge in [-0.1, -0.05) is 0 Å². The van der Waals surface area contributed by atoms with E-state index in [0.29, 0.717) is 17.3 Å². The summed E-state index contributed by atoms with van der Waals surface area (Å²) in [5, 5.41) is 17.1. The van der Waals surface area contributed by atoms with E-state index in [0.717, 1.165) is 0 Å². The third kappa shape index (κ3) is 2.83. The maximum Gasteiger partial charge on any atom is 0.265 e. The van der Waals surface area contributed by atoms with E-state index in [-0.39, 0.29) is 16.5 Å². The zero-order valence-electron chi connectivity index (χ0n) is 13.4. The third-order valence-electron chi connectivity index (χ3n) is 4.34. The van der Waals surface area contributed by atoms with Gasteiger partial charge in [0.25, 0.3) is 10.0 Å². The summed E-state index contributed by atoms with van der Waals surface area (Å²) < 4.78 is 30.7. The monoisotopic (exact) mass is 357 g/mol. The van der Waals surface area contributed by atoms with Gasteiger partial charge >= 0.3 is 0 Å². The molecule has 3 aromatic heterocycles. The summed E-state index contributed by atoms with van der Waals surface area (Å²) in [6, 6.07) is 2.21. The van der Waals surface area contributed by atoms with Crippen LogP contribution in [0.25, 0.3) is 5.65 Å². The lowest BCUT2D eigenvalue weighted by Crippen LogP contribution is -2.14. The van der Waals surface area contributed by atoms with E-state index in [1.807, 2.05) is 6.07 Å². The normalized spacial score (nSPS) is 15.8. The molecule has 128 valence electrons. The van der Waals surface area contributed by atoms with Crippen molar-refractivity contribution in [2.75, 3.05) is 4.72 Å². The van der Waals surface area contributed by atoms with Crippen LogP contribution in [0.5, 0.6) is 0 Å². The van der Waals surface area contributed by atoms with Crippen molar-refractivity contribution < 1.29 is 8.42 Å². The molecule has 1 saturated carbocycles. The van der Waals surface area contributed by atoms with E-state index in [1.54, 1.807) is 10.9 Å². The first kappa shape index (κ1) is 15.6. The summed E-state index contributed by atoms with van der Waals surface area (Å²) in [6.45, 7) is 2.07. The number of aromatic nitrogens is 5. The van der Waals surface area contributed by atoms with Crippen molar-refractivity contribution >= 4 is 21.4 Å². The van der Waals surface area contributed by atoms with E-state index >= 15 is 0 Å². The average Bonchev–Trinajstić information content (AvgIpc) is 3.21. The van der Waals surface area contributed by atoms with E-state index < -0.39 is 10.0 Å². The molecule has 0 saturated heterocycles. The Morgan fingerprint density at radius 1 is 1.28 bits per heavy atom. The number of hydrogen-bond acceptors (Lipinski definition) is 6. The molecule has 3 heterocycles. The van der Waals surface area contributed by atoms with Crippen molar-refractivity contribution in [2.45, 2.75) is 30.7 Å². The fraction of sp³-hybridized carbons (Fsp3) is 0.333. The third-order valence-corrected chi connectivity index (χ3v) is 5.67. The molecule has 3 aromatic rings. The van der Waals surface area contributed by atoms with Gasteiger partial charge in [-0.3, -0.25) is 9.40 Å². The van der Waals surface area contributed by atoms with Gasteiger partial charge in [-0.25, -0.2) is 17.9 Å². The Hall–Kier alpha value is -2.93. The first-order valence-corrected chi connectivity index (χ1v) is 9.27. The van der Waals surface area contributed by atoms with Gasteiger partial charge in [-0.2, -0.15) is 15.5 Å². The Kier molecular flexibility index (Phi) is 3.47. The predicted octanol–water partition coefficient (Wildman–Crippen LogP) is 1.57. The number of nitrogens with zero attached hydrogens (tertiary/aromatic N) is 6.